The third-order valence-corrected chi connectivity index (χ3v) is 1.12. The van der Waals surface area contributed by atoms with Gasteiger partial charge in [0.1, 0.15) is 0 Å². The smallest absolute Gasteiger partial charge is 0.292 e. The van der Waals surface area contributed by atoms with E-state index in [9.17, 15) is 4.91 Å². The number of rotatable bonds is 2. The summed E-state index contributed by atoms with van der Waals surface area (Å²) in [6.45, 7) is 0. The molecule has 4 nitrogen and oxygen atoms in total. The van der Waals surface area contributed by atoms with E-state index in [2.05, 4.69) is 9.91 Å². The van der Waals surface area contributed by atoms with Crippen molar-refractivity contribution < 1.29 is 4.74 Å². The largest absolute Gasteiger partial charge is 0.386 e. The molecule has 1 aromatic rings. The zero-order valence-corrected chi connectivity index (χ0v) is 5.52. The first-order valence-corrected chi connectivity index (χ1v) is 2.87. The van der Waals surface area contributed by atoms with Crippen molar-refractivity contribution in [2.45, 2.75) is 0 Å². The molecule has 0 saturated heterocycles. The van der Waals surface area contributed by atoms with Gasteiger partial charge in [-0.3, -0.25) is 0 Å². The summed E-state index contributed by atoms with van der Waals surface area (Å²) in [7, 11) is 0. The molecule has 0 amide bonds. The van der Waals surface area contributed by atoms with Gasteiger partial charge in [0.15, 0.2) is 11.4 Å². The molecule has 0 aliphatic heterocycles. The molecular weight excluding hydrogens is 144 g/mol. The van der Waals surface area contributed by atoms with Crippen LogP contribution in [0.4, 0.5) is 5.69 Å². The molecule has 0 atom stereocenters. The van der Waals surface area contributed by atoms with Gasteiger partial charge in [-0.25, -0.2) is 0 Å². The van der Waals surface area contributed by atoms with Crippen LogP contribution in [-0.2, 0) is 0 Å². The van der Waals surface area contributed by atoms with Crippen LogP contribution in [0.2, 0.25) is 0 Å². The highest BCUT2D eigenvalue weighted by Crippen LogP contribution is 2.25. The molecule has 0 unspecified atom stereocenters. The van der Waals surface area contributed by atoms with Gasteiger partial charge in [0.25, 0.3) is 6.26 Å². The van der Waals surface area contributed by atoms with Crippen molar-refractivity contribution >= 4 is 5.69 Å². The average molecular weight is 148 g/mol. The number of hydrogen-bond donors (Lipinski definition) is 0. The first-order chi connectivity index (χ1) is 5.38. The maximum absolute atomic E-state index is 10.1. The van der Waals surface area contributed by atoms with Gasteiger partial charge in [0, 0.05) is 0 Å². The van der Waals surface area contributed by atoms with Gasteiger partial charge < -0.3 is 4.74 Å². The molecule has 0 aliphatic carbocycles. The lowest BCUT2D eigenvalue weighted by atomic mass is 10.3. The summed E-state index contributed by atoms with van der Waals surface area (Å²) in [6.07, 6.45) is 1.46. The van der Waals surface area contributed by atoms with Crippen LogP contribution in [0.15, 0.2) is 29.4 Å². The predicted octanol–water partition coefficient (Wildman–Crippen LogP) is 1.94. The van der Waals surface area contributed by atoms with E-state index in [-0.39, 0.29) is 11.4 Å². The Morgan fingerprint density at radius 2 is 2.18 bits per heavy atom. The number of para-hydroxylation sites is 1. The second-order valence-corrected chi connectivity index (χ2v) is 1.75. The van der Waals surface area contributed by atoms with Crippen molar-refractivity contribution in [1.29, 1.82) is 5.26 Å². The normalized spacial score (nSPS) is 8.27. The quantitative estimate of drug-likeness (QED) is 0.475. The van der Waals surface area contributed by atoms with Crippen LogP contribution < -0.4 is 4.74 Å². The fourth-order valence-corrected chi connectivity index (χ4v) is 0.668. The van der Waals surface area contributed by atoms with Crippen molar-refractivity contribution in [2.24, 2.45) is 5.18 Å². The van der Waals surface area contributed by atoms with E-state index in [1.165, 1.54) is 18.4 Å². The van der Waals surface area contributed by atoms with Gasteiger partial charge in [-0.05, 0) is 17.3 Å². The Bertz CT molecular complexity index is 304. The van der Waals surface area contributed by atoms with Crippen molar-refractivity contribution in [3.8, 4) is 12.0 Å². The van der Waals surface area contributed by atoms with Crippen molar-refractivity contribution in [2.75, 3.05) is 0 Å². The number of ether oxygens (including phenoxy) is 1. The molecule has 0 radical (unpaired) electrons. The highest BCUT2D eigenvalue weighted by Gasteiger charge is 2.00. The van der Waals surface area contributed by atoms with E-state index in [1.807, 2.05) is 0 Å². The molecule has 11 heavy (non-hydrogen) atoms. The molecule has 0 aromatic heterocycles. The summed E-state index contributed by atoms with van der Waals surface area (Å²) < 4.78 is 4.44. The van der Waals surface area contributed by atoms with Crippen LogP contribution in [0.25, 0.3) is 0 Å². The lowest BCUT2D eigenvalue weighted by Crippen LogP contribution is -1.80. The summed E-state index contributed by atoms with van der Waals surface area (Å²) in [6, 6.07) is 6.27. The number of benzene rings is 1. The van der Waals surface area contributed by atoms with E-state index >= 15 is 0 Å². The molecule has 1 aromatic carbocycles. The Hall–Kier alpha value is -1.89. The van der Waals surface area contributed by atoms with Crippen LogP contribution in [-0.4, -0.2) is 0 Å². The minimum absolute atomic E-state index is 0.133. The molecule has 0 fully saturated rings. The third kappa shape index (κ3) is 1.52. The Labute approximate surface area is 63.0 Å². The summed E-state index contributed by atoms with van der Waals surface area (Å²) in [4.78, 5) is 10.1. The van der Waals surface area contributed by atoms with Crippen LogP contribution >= 0.6 is 0 Å². The van der Waals surface area contributed by atoms with E-state index < -0.39 is 0 Å². The third-order valence-electron chi connectivity index (χ3n) is 1.12. The Balaban J connectivity index is 3.04. The summed E-state index contributed by atoms with van der Waals surface area (Å²) >= 11 is 0. The Kier molecular flexibility index (Phi) is 2.18. The fourth-order valence-electron chi connectivity index (χ4n) is 0.668. The number of hydrogen-bond acceptors (Lipinski definition) is 4. The zero-order valence-electron chi connectivity index (χ0n) is 5.52. The minimum Gasteiger partial charge on any atom is -0.386 e. The standard InChI is InChI=1S/C7H4N2O2/c8-5-11-7-4-2-1-3-6(7)9-10/h1-4H. The van der Waals surface area contributed by atoms with Gasteiger partial charge in [-0.2, -0.15) is 0 Å². The molecule has 0 heterocycles. The highest BCUT2D eigenvalue weighted by atomic mass is 16.5. The number of nitriles is 1. The van der Waals surface area contributed by atoms with E-state index in [1.54, 1.807) is 12.1 Å². The zero-order chi connectivity index (χ0) is 8.10. The molecule has 0 saturated carbocycles. The van der Waals surface area contributed by atoms with E-state index in [0.29, 0.717) is 0 Å². The van der Waals surface area contributed by atoms with Crippen LogP contribution in [0.3, 0.4) is 0 Å². The SMILES string of the molecule is N#COc1ccccc1N=O. The van der Waals surface area contributed by atoms with Gasteiger partial charge in [-0.15, -0.1) is 10.2 Å². The molecule has 54 valence electrons. The molecular formula is C7H4N2O2. The Morgan fingerprint density at radius 1 is 1.45 bits per heavy atom. The summed E-state index contributed by atoms with van der Waals surface area (Å²) in [5.41, 5.74) is 0.133. The van der Waals surface area contributed by atoms with Gasteiger partial charge in [-0.1, -0.05) is 12.1 Å². The number of nitroso groups, excluding NO2 is 1. The highest BCUT2D eigenvalue weighted by molar-refractivity contribution is 5.51. The van der Waals surface area contributed by atoms with Crippen LogP contribution in [0, 0.1) is 16.4 Å². The predicted molar refractivity (Wildman–Crippen MR) is 38.1 cm³/mol. The molecule has 0 bridgehead atoms. The Morgan fingerprint density at radius 3 is 2.82 bits per heavy atom. The van der Waals surface area contributed by atoms with Crippen LogP contribution in [0.1, 0.15) is 0 Å². The molecule has 0 spiro atoms. The summed E-state index contributed by atoms with van der Waals surface area (Å²) in [5.74, 6) is 0.185. The second kappa shape index (κ2) is 3.32. The maximum atomic E-state index is 10.1. The first kappa shape index (κ1) is 7.22. The molecule has 0 aliphatic rings. The van der Waals surface area contributed by atoms with E-state index in [0.717, 1.165) is 0 Å². The van der Waals surface area contributed by atoms with Gasteiger partial charge in [0.2, 0.25) is 0 Å². The monoisotopic (exact) mass is 148 g/mol. The topological polar surface area (TPSA) is 62.4 Å². The maximum Gasteiger partial charge on any atom is 0.292 e. The van der Waals surface area contributed by atoms with Crippen molar-refractivity contribution in [3.05, 3.63) is 29.2 Å². The van der Waals surface area contributed by atoms with Crippen molar-refractivity contribution in [3.63, 3.8) is 0 Å². The summed E-state index contributed by atoms with van der Waals surface area (Å²) in [5, 5.41) is 10.8. The van der Waals surface area contributed by atoms with Crippen molar-refractivity contribution in [1.82, 2.24) is 0 Å². The molecule has 1 rings (SSSR count). The molecule has 4 heteroatoms. The van der Waals surface area contributed by atoms with Gasteiger partial charge >= 0.3 is 0 Å². The molecule has 0 N–H and O–H groups in total. The van der Waals surface area contributed by atoms with Gasteiger partial charge in [0.05, 0.1) is 0 Å². The van der Waals surface area contributed by atoms with Crippen LogP contribution in [0.5, 0.6) is 5.75 Å². The minimum atomic E-state index is 0.133. The number of nitrogens with zero attached hydrogens (tertiary/aromatic N) is 2. The lowest BCUT2D eigenvalue weighted by Gasteiger charge is -1.95. The first-order valence-electron chi connectivity index (χ1n) is 2.87. The van der Waals surface area contributed by atoms with E-state index in [4.69, 9.17) is 5.26 Å². The lowest BCUT2D eigenvalue weighted by molar-refractivity contribution is 0.508. The fraction of sp³-hybridized carbons (Fsp3) is 0. The second-order valence-electron chi connectivity index (χ2n) is 1.75. The average Bonchev–Trinajstić information content (AvgIpc) is 2.06.